The molecule has 2 aliphatic rings. The van der Waals surface area contributed by atoms with Gasteiger partial charge in [-0.2, -0.15) is 0 Å². The molecule has 0 aromatic rings. The van der Waals surface area contributed by atoms with E-state index in [0.717, 1.165) is 19.0 Å². The van der Waals surface area contributed by atoms with Crippen molar-refractivity contribution in [2.45, 2.75) is 51.6 Å². The van der Waals surface area contributed by atoms with Gasteiger partial charge in [0.25, 0.3) is 0 Å². The summed E-state index contributed by atoms with van der Waals surface area (Å²) in [6.07, 6.45) is 4.85. The normalized spacial score (nSPS) is 36.4. The maximum atomic E-state index is 12.3. The van der Waals surface area contributed by atoms with Crippen molar-refractivity contribution in [2.75, 3.05) is 26.7 Å². The van der Waals surface area contributed by atoms with E-state index in [4.69, 9.17) is 5.73 Å². The number of amides is 1. The predicted molar refractivity (Wildman–Crippen MR) is 77.8 cm³/mol. The average molecular weight is 267 g/mol. The molecule has 4 heteroatoms. The lowest BCUT2D eigenvalue weighted by Gasteiger charge is -2.34. The monoisotopic (exact) mass is 267 g/mol. The molecule has 0 spiro atoms. The van der Waals surface area contributed by atoms with Crippen molar-refractivity contribution >= 4 is 5.91 Å². The molecule has 1 amide bonds. The van der Waals surface area contributed by atoms with Crippen LogP contribution in [0.2, 0.25) is 0 Å². The van der Waals surface area contributed by atoms with E-state index in [0.29, 0.717) is 18.5 Å². The molecule has 2 atom stereocenters. The third-order valence-corrected chi connectivity index (χ3v) is 5.03. The second-order valence-corrected chi connectivity index (χ2v) is 6.75. The van der Waals surface area contributed by atoms with Crippen LogP contribution in [0.3, 0.4) is 0 Å². The van der Waals surface area contributed by atoms with E-state index in [-0.39, 0.29) is 11.9 Å². The second-order valence-electron chi connectivity index (χ2n) is 6.75. The van der Waals surface area contributed by atoms with Crippen LogP contribution in [0.15, 0.2) is 0 Å². The quantitative estimate of drug-likeness (QED) is 0.838. The Hall–Kier alpha value is -0.610. The smallest absolute Gasteiger partial charge is 0.236 e. The number of hydrogen-bond acceptors (Lipinski definition) is 3. The van der Waals surface area contributed by atoms with Gasteiger partial charge in [-0.1, -0.05) is 13.8 Å². The van der Waals surface area contributed by atoms with Gasteiger partial charge in [0, 0.05) is 32.2 Å². The first-order chi connectivity index (χ1) is 8.97. The summed E-state index contributed by atoms with van der Waals surface area (Å²) in [7, 11) is 1.97. The van der Waals surface area contributed by atoms with Gasteiger partial charge < -0.3 is 10.6 Å². The first-order valence-electron chi connectivity index (χ1n) is 7.71. The minimum Gasteiger partial charge on any atom is -0.342 e. The van der Waals surface area contributed by atoms with Crippen molar-refractivity contribution in [1.82, 2.24) is 9.80 Å². The summed E-state index contributed by atoms with van der Waals surface area (Å²) in [6, 6.07) is 0.686. The fourth-order valence-electron chi connectivity index (χ4n) is 3.36. The zero-order valence-corrected chi connectivity index (χ0v) is 12.6. The van der Waals surface area contributed by atoms with Gasteiger partial charge in [0.1, 0.15) is 0 Å². The number of likely N-dealkylation sites (N-methyl/N-ethyl adjacent to an activating group) is 1. The fourth-order valence-corrected chi connectivity index (χ4v) is 3.36. The molecule has 0 aromatic carbocycles. The van der Waals surface area contributed by atoms with Crippen molar-refractivity contribution in [3.8, 4) is 0 Å². The van der Waals surface area contributed by atoms with Gasteiger partial charge in [-0.15, -0.1) is 0 Å². The Labute approximate surface area is 117 Å². The van der Waals surface area contributed by atoms with E-state index >= 15 is 0 Å². The summed E-state index contributed by atoms with van der Waals surface area (Å²) < 4.78 is 0. The Bertz CT molecular complexity index is 303. The molecule has 2 rings (SSSR count). The minimum absolute atomic E-state index is 0.230. The van der Waals surface area contributed by atoms with Gasteiger partial charge in [-0.25, -0.2) is 0 Å². The van der Waals surface area contributed by atoms with E-state index < -0.39 is 0 Å². The summed E-state index contributed by atoms with van der Waals surface area (Å²) in [5.41, 5.74) is 6.01. The Morgan fingerprint density at radius 3 is 2.37 bits per heavy atom. The van der Waals surface area contributed by atoms with Crippen LogP contribution in [-0.2, 0) is 4.79 Å². The van der Waals surface area contributed by atoms with Crippen LogP contribution >= 0.6 is 0 Å². The van der Waals surface area contributed by atoms with Crippen molar-refractivity contribution in [1.29, 1.82) is 0 Å². The van der Waals surface area contributed by atoms with Gasteiger partial charge in [0.15, 0.2) is 0 Å². The summed E-state index contributed by atoms with van der Waals surface area (Å²) in [5.74, 6) is 1.60. The standard InChI is InChI=1S/C15H29N3O/c1-11-4-6-13(7-5-11)17(3)15(19)10-18-8-12(2)14(16)9-18/h11-14H,4-10,16H2,1-3H3. The van der Waals surface area contributed by atoms with E-state index in [1.54, 1.807) is 0 Å². The Morgan fingerprint density at radius 1 is 1.21 bits per heavy atom. The van der Waals surface area contributed by atoms with Gasteiger partial charge in [-0.3, -0.25) is 9.69 Å². The summed E-state index contributed by atoms with van der Waals surface area (Å²) >= 11 is 0. The van der Waals surface area contributed by atoms with Crippen LogP contribution in [0, 0.1) is 11.8 Å². The molecule has 1 saturated heterocycles. The SMILES string of the molecule is CC1CCC(N(C)C(=O)CN2CC(C)C(N)C2)CC1. The minimum atomic E-state index is 0.230. The number of hydrogen-bond donors (Lipinski definition) is 1. The molecule has 2 unspecified atom stereocenters. The lowest BCUT2D eigenvalue weighted by atomic mass is 9.87. The van der Waals surface area contributed by atoms with Crippen LogP contribution in [-0.4, -0.2) is 54.5 Å². The number of likely N-dealkylation sites (tertiary alicyclic amines) is 1. The predicted octanol–water partition coefficient (Wildman–Crippen LogP) is 1.30. The molecule has 2 fully saturated rings. The van der Waals surface area contributed by atoms with Crippen LogP contribution in [0.1, 0.15) is 39.5 Å². The van der Waals surface area contributed by atoms with Crippen LogP contribution in [0.4, 0.5) is 0 Å². The molecule has 0 radical (unpaired) electrons. The molecule has 1 aliphatic heterocycles. The fraction of sp³-hybridized carbons (Fsp3) is 0.933. The molecule has 4 nitrogen and oxygen atoms in total. The Kier molecular flexibility index (Phi) is 4.85. The number of nitrogens with two attached hydrogens (primary N) is 1. The number of carbonyl (C=O) groups excluding carboxylic acids is 1. The van der Waals surface area contributed by atoms with E-state index in [1.807, 2.05) is 11.9 Å². The Balaban J connectivity index is 1.79. The van der Waals surface area contributed by atoms with Crippen molar-refractivity contribution in [2.24, 2.45) is 17.6 Å². The topological polar surface area (TPSA) is 49.6 Å². The highest BCUT2D eigenvalue weighted by Gasteiger charge is 2.30. The van der Waals surface area contributed by atoms with Crippen LogP contribution < -0.4 is 5.73 Å². The molecule has 110 valence electrons. The van der Waals surface area contributed by atoms with Crippen molar-refractivity contribution in [3.05, 3.63) is 0 Å². The maximum absolute atomic E-state index is 12.3. The van der Waals surface area contributed by atoms with E-state index in [2.05, 4.69) is 18.7 Å². The first kappa shape index (κ1) is 14.8. The summed E-state index contributed by atoms with van der Waals surface area (Å²) in [4.78, 5) is 16.5. The third-order valence-electron chi connectivity index (χ3n) is 5.03. The first-order valence-corrected chi connectivity index (χ1v) is 7.71. The third kappa shape index (κ3) is 3.69. The number of rotatable bonds is 3. The van der Waals surface area contributed by atoms with Crippen LogP contribution in [0.5, 0.6) is 0 Å². The lowest BCUT2D eigenvalue weighted by Crippen LogP contribution is -2.44. The zero-order valence-electron chi connectivity index (χ0n) is 12.6. The Morgan fingerprint density at radius 2 is 1.84 bits per heavy atom. The molecule has 1 saturated carbocycles. The highest BCUT2D eigenvalue weighted by molar-refractivity contribution is 5.78. The largest absolute Gasteiger partial charge is 0.342 e. The number of carbonyl (C=O) groups is 1. The molecule has 19 heavy (non-hydrogen) atoms. The van der Waals surface area contributed by atoms with Gasteiger partial charge in [0.2, 0.25) is 5.91 Å². The van der Waals surface area contributed by atoms with Gasteiger partial charge >= 0.3 is 0 Å². The highest BCUT2D eigenvalue weighted by atomic mass is 16.2. The molecular formula is C15H29N3O. The maximum Gasteiger partial charge on any atom is 0.236 e. The molecule has 1 aliphatic carbocycles. The zero-order chi connectivity index (χ0) is 14.0. The molecular weight excluding hydrogens is 238 g/mol. The van der Waals surface area contributed by atoms with Gasteiger partial charge in [-0.05, 0) is 37.5 Å². The van der Waals surface area contributed by atoms with E-state index in [1.165, 1.54) is 25.7 Å². The number of nitrogens with zero attached hydrogens (tertiary/aromatic N) is 2. The summed E-state index contributed by atoms with van der Waals surface area (Å²) in [6.45, 7) is 6.85. The highest BCUT2D eigenvalue weighted by Crippen LogP contribution is 2.26. The van der Waals surface area contributed by atoms with Crippen molar-refractivity contribution < 1.29 is 4.79 Å². The van der Waals surface area contributed by atoms with E-state index in [9.17, 15) is 4.79 Å². The van der Waals surface area contributed by atoms with Crippen molar-refractivity contribution in [3.63, 3.8) is 0 Å². The molecule has 0 bridgehead atoms. The lowest BCUT2D eigenvalue weighted by molar-refractivity contribution is -0.133. The van der Waals surface area contributed by atoms with Gasteiger partial charge in [0.05, 0.1) is 6.54 Å². The second kappa shape index (κ2) is 6.23. The molecule has 2 N–H and O–H groups in total. The average Bonchev–Trinajstić information content (AvgIpc) is 2.68. The summed E-state index contributed by atoms with van der Waals surface area (Å²) in [5, 5.41) is 0. The molecule has 1 heterocycles. The molecule has 0 aromatic heterocycles. The van der Waals surface area contributed by atoms with Crippen LogP contribution in [0.25, 0.3) is 0 Å².